The van der Waals surface area contributed by atoms with Gasteiger partial charge in [-0.05, 0) is 19.3 Å². The molecule has 0 aromatic heterocycles. The van der Waals surface area contributed by atoms with Crippen LogP contribution in [0.2, 0.25) is 0 Å². The number of Topliss-reactive ketones (excluding diaryl/α,β-unsaturated/α-hetero) is 1. The van der Waals surface area contributed by atoms with Gasteiger partial charge < -0.3 is 10.1 Å². The number of ether oxygens (including phenoxy) is 1. The summed E-state index contributed by atoms with van der Waals surface area (Å²) in [5.74, 6) is 4.94. The van der Waals surface area contributed by atoms with E-state index in [-0.39, 0.29) is 5.78 Å². The summed E-state index contributed by atoms with van der Waals surface area (Å²) in [6.45, 7) is 6.18. The topological polar surface area (TPSA) is 38.3 Å². The first-order chi connectivity index (χ1) is 6.31. The Morgan fingerprint density at radius 2 is 2.23 bits per heavy atom. The minimum Gasteiger partial charge on any atom is -0.380 e. The van der Waals surface area contributed by atoms with Crippen LogP contribution in [0.25, 0.3) is 0 Å². The zero-order valence-electron chi connectivity index (χ0n) is 8.35. The van der Waals surface area contributed by atoms with Gasteiger partial charge in [-0.1, -0.05) is 12.8 Å². The molecule has 0 spiro atoms. The number of carbonyl (C=O) groups is 1. The lowest BCUT2D eigenvalue weighted by molar-refractivity contribution is -0.113. The summed E-state index contributed by atoms with van der Waals surface area (Å²) in [7, 11) is 0. The van der Waals surface area contributed by atoms with Crippen LogP contribution < -0.4 is 5.32 Å². The molecule has 0 radical (unpaired) electrons. The number of ketones is 1. The predicted molar refractivity (Wildman–Crippen MR) is 52.4 cm³/mol. The molecule has 1 N–H and O–H groups in total. The number of hydrogen-bond donors (Lipinski definition) is 1. The van der Waals surface area contributed by atoms with Gasteiger partial charge in [0.1, 0.15) is 0 Å². The van der Waals surface area contributed by atoms with Crippen LogP contribution >= 0.6 is 0 Å². The molecule has 0 unspecified atom stereocenters. The van der Waals surface area contributed by atoms with Gasteiger partial charge >= 0.3 is 0 Å². The van der Waals surface area contributed by atoms with Gasteiger partial charge in [0.2, 0.25) is 5.78 Å². The van der Waals surface area contributed by atoms with Crippen molar-refractivity contribution in [3.8, 4) is 11.8 Å². The lowest BCUT2D eigenvalue weighted by Crippen LogP contribution is -2.25. The Kier molecular flexibility index (Phi) is 8.64. The van der Waals surface area contributed by atoms with Gasteiger partial charge in [-0.3, -0.25) is 4.79 Å². The summed E-state index contributed by atoms with van der Waals surface area (Å²) < 4.78 is 5.21. The van der Waals surface area contributed by atoms with Crippen LogP contribution in [0.3, 0.4) is 0 Å². The molecule has 0 aliphatic rings. The number of rotatable bonds is 7. The van der Waals surface area contributed by atoms with Gasteiger partial charge in [0.25, 0.3) is 0 Å². The van der Waals surface area contributed by atoms with Crippen molar-refractivity contribution in [1.82, 2.24) is 5.32 Å². The molecule has 3 nitrogen and oxygen atoms in total. The quantitative estimate of drug-likeness (QED) is 0.357. The lowest BCUT2D eigenvalue weighted by Gasteiger charge is -2.02. The summed E-state index contributed by atoms with van der Waals surface area (Å²) in [6.07, 6.45) is 1.03. The van der Waals surface area contributed by atoms with Gasteiger partial charge in [0, 0.05) is 13.2 Å². The third-order valence-corrected chi connectivity index (χ3v) is 1.32. The minimum absolute atomic E-state index is 0.0713. The average molecular weight is 183 g/mol. The molecular formula is C10H17NO2. The monoisotopic (exact) mass is 183 g/mol. The van der Waals surface area contributed by atoms with E-state index in [1.165, 1.54) is 0 Å². The molecule has 0 saturated heterocycles. The van der Waals surface area contributed by atoms with Crippen molar-refractivity contribution in [2.24, 2.45) is 0 Å². The van der Waals surface area contributed by atoms with Crippen LogP contribution in [0.4, 0.5) is 0 Å². The third-order valence-electron chi connectivity index (χ3n) is 1.32. The van der Waals surface area contributed by atoms with E-state index < -0.39 is 0 Å². The van der Waals surface area contributed by atoms with E-state index in [4.69, 9.17) is 4.74 Å². The molecular weight excluding hydrogens is 166 g/mol. The fourth-order valence-corrected chi connectivity index (χ4v) is 0.776. The van der Waals surface area contributed by atoms with Crippen LogP contribution in [-0.4, -0.2) is 32.1 Å². The summed E-state index contributed by atoms with van der Waals surface area (Å²) in [5, 5.41) is 2.95. The number of carbonyl (C=O) groups excluding carboxylic acids is 1. The molecule has 0 saturated carbocycles. The van der Waals surface area contributed by atoms with Crippen molar-refractivity contribution in [3.63, 3.8) is 0 Å². The Balaban J connectivity index is 3.14. The molecule has 0 aliphatic carbocycles. The molecule has 0 aliphatic heterocycles. The van der Waals surface area contributed by atoms with E-state index in [1.54, 1.807) is 6.92 Å². The van der Waals surface area contributed by atoms with E-state index in [9.17, 15) is 4.79 Å². The maximum absolute atomic E-state index is 10.9. The second kappa shape index (κ2) is 9.24. The molecule has 13 heavy (non-hydrogen) atoms. The van der Waals surface area contributed by atoms with E-state index in [1.807, 2.05) is 0 Å². The molecule has 0 rings (SSSR count). The smallest absolute Gasteiger partial charge is 0.219 e. The predicted octanol–water partition coefficient (Wildman–Crippen LogP) is 0.595. The molecule has 0 bridgehead atoms. The fraction of sp³-hybridized carbons (Fsp3) is 0.700. The summed E-state index contributed by atoms with van der Waals surface area (Å²) >= 11 is 0. The van der Waals surface area contributed by atoms with Crippen molar-refractivity contribution >= 4 is 5.78 Å². The van der Waals surface area contributed by atoms with E-state index in [0.717, 1.165) is 13.0 Å². The maximum atomic E-state index is 10.9. The molecule has 0 fully saturated rings. The zero-order chi connectivity index (χ0) is 9.94. The van der Waals surface area contributed by atoms with Gasteiger partial charge in [0.15, 0.2) is 0 Å². The first kappa shape index (κ1) is 12.2. The molecule has 0 aromatic rings. The second-order valence-electron chi connectivity index (χ2n) is 2.59. The summed E-state index contributed by atoms with van der Waals surface area (Å²) in [4.78, 5) is 10.9. The van der Waals surface area contributed by atoms with Crippen molar-refractivity contribution in [1.29, 1.82) is 0 Å². The molecule has 0 aromatic carbocycles. The van der Waals surface area contributed by atoms with Crippen LogP contribution in [0.5, 0.6) is 0 Å². The molecule has 74 valence electrons. The Morgan fingerprint density at radius 3 is 2.85 bits per heavy atom. The van der Waals surface area contributed by atoms with E-state index >= 15 is 0 Å². The Bertz CT molecular complexity index is 191. The number of nitrogens with one attached hydrogen (secondary N) is 1. The van der Waals surface area contributed by atoms with Crippen molar-refractivity contribution < 1.29 is 9.53 Å². The Labute approximate surface area is 79.8 Å². The normalized spacial score (nSPS) is 9.08. The molecule has 0 heterocycles. The summed E-state index contributed by atoms with van der Waals surface area (Å²) in [5.41, 5.74) is 0. The highest BCUT2D eigenvalue weighted by molar-refractivity contribution is 5.96. The van der Waals surface area contributed by atoms with E-state index in [2.05, 4.69) is 24.1 Å². The van der Waals surface area contributed by atoms with Gasteiger partial charge in [-0.15, -0.1) is 0 Å². The minimum atomic E-state index is -0.0713. The van der Waals surface area contributed by atoms with Gasteiger partial charge in [-0.2, -0.15) is 0 Å². The molecule has 0 atom stereocenters. The fourth-order valence-electron chi connectivity index (χ4n) is 0.776. The lowest BCUT2D eigenvalue weighted by atomic mass is 10.4. The van der Waals surface area contributed by atoms with Crippen LogP contribution in [0.15, 0.2) is 0 Å². The van der Waals surface area contributed by atoms with Crippen molar-refractivity contribution in [3.05, 3.63) is 0 Å². The standard InChI is InChI=1S/C10H17NO2/c1-3-5-10(12)9-11-6-8-13-7-4-2/h11H,4,6-9H2,1-2H3. The highest BCUT2D eigenvalue weighted by Gasteiger charge is 1.94. The highest BCUT2D eigenvalue weighted by atomic mass is 16.5. The van der Waals surface area contributed by atoms with E-state index in [0.29, 0.717) is 19.7 Å². The van der Waals surface area contributed by atoms with Crippen molar-refractivity contribution in [2.45, 2.75) is 20.3 Å². The maximum Gasteiger partial charge on any atom is 0.219 e. The van der Waals surface area contributed by atoms with Gasteiger partial charge in [0.05, 0.1) is 13.2 Å². The van der Waals surface area contributed by atoms with Crippen LogP contribution in [0.1, 0.15) is 20.3 Å². The second-order valence-corrected chi connectivity index (χ2v) is 2.59. The SMILES string of the molecule is CC#CC(=O)CNCCOCCC. The van der Waals surface area contributed by atoms with Crippen molar-refractivity contribution in [2.75, 3.05) is 26.3 Å². The van der Waals surface area contributed by atoms with Gasteiger partial charge in [-0.25, -0.2) is 0 Å². The first-order valence-electron chi connectivity index (χ1n) is 4.55. The zero-order valence-corrected chi connectivity index (χ0v) is 8.35. The third kappa shape index (κ3) is 9.06. The largest absolute Gasteiger partial charge is 0.380 e. The molecule has 0 amide bonds. The number of hydrogen-bond acceptors (Lipinski definition) is 3. The average Bonchev–Trinajstić information content (AvgIpc) is 2.11. The first-order valence-corrected chi connectivity index (χ1v) is 4.55. The van der Waals surface area contributed by atoms with Crippen LogP contribution in [-0.2, 0) is 9.53 Å². The Morgan fingerprint density at radius 1 is 1.46 bits per heavy atom. The summed E-state index contributed by atoms with van der Waals surface area (Å²) in [6, 6.07) is 0. The Hall–Kier alpha value is -0.850. The van der Waals surface area contributed by atoms with Crippen LogP contribution in [0, 0.1) is 11.8 Å². The molecule has 3 heteroatoms. The highest BCUT2D eigenvalue weighted by Crippen LogP contribution is 1.78.